The van der Waals surface area contributed by atoms with Crippen LogP contribution >= 0.6 is 0 Å². The van der Waals surface area contributed by atoms with Crippen LogP contribution in [0.1, 0.15) is 42.6 Å². The largest absolute Gasteiger partial charge is 0.354 e. The van der Waals surface area contributed by atoms with Gasteiger partial charge in [0, 0.05) is 38.5 Å². The molecule has 2 aliphatic rings. The number of aromatic nitrogens is 4. The highest BCUT2D eigenvalue weighted by Crippen LogP contribution is 2.30. The maximum atomic E-state index is 12.9. The van der Waals surface area contributed by atoms with E-state index >= 15 is 0 Å². The minimum absolute atomic E-state index is 0.243. The summed E-state index contributed by atoms with van der Waals surface area (Å²) >= 11 is 0. The van der Waals surface area contributed by atoms with E-state index in [1.165, 1.54) is 17.5 Å². The summed E-state index contributed by atoms with van der Waals surface area (Å²) in [5, 5.41) is 5.66. The van der Waals surface area contributed by atoms with Crippen molar-refractivity contribution in [3.8, 4) is 5.69 Å². The highest BCUT2D eigenvalue weighted by Gasteiger charge is 2.31. The van der Waals surface area contributed by atoms with Crippen molar-refractivity contribution in [1.29, 1.82) is 0 Å². The van der Waals surface area contributed by atoms with Gasteiger partial charge in [0.25, 0.3) is 0 Å². The van der Waals surface area contributed by atoms with Gasteiger partial charge in [0.15, 0.2) is 5.65 Å². The molecule has 1 saturated heterocycles. The second-order valence-electron chi connectivity index (χ2n) is 10.0. The number of rotatable bonds is 5. The lowest BCUT2D eigenvalue weighted by Gasteiger charge is -2.31. The molecule has 36 heavy (non-hydrogen) atoms. The van der Waals surface area contributed by atoms with Gasteiger partial charge in [-0.15, -0.1) is 0 Å². The third-order valence-electron chi connectivity index (χ3n) is 7.50. The molecule has 0 bridgehead atoms. The SMILES string of the molecule is Cc1ccc(Cc2nc(N3CCCN(C(=O)C4CCC4)CC3)c3cnn(-c4ccccc4)c3n2)cc1. The number of hydrogen-bond acceptors (Lipinski definition) is 5. The molecule has 0 radical (unpaired) electrons. The summed E-state index contributed by atoms with van der Waals surface area (Å²) in [5.74, 6) is 2.29. The molecule has 1 aliphatic heterocycles. The number of benzene rings is 2. The van der Waals surface area contributed by atoms with Gasteiger partial charge in [0.1, 0.15) is 11.6 Å². The predicted molar refractivity (Wildman–Crippen MR) is 141 cm³/mol. The lowest BCUT2D eigenvalue weighted by Crippen LogP contribution is -2.41. The number of nitrogens with zero attached hydrogens (tertiary/aromatic N) is 6. The first-order valence-corrected chi connectivity index (χ1v) is 13.0. The molecule has 1 amide bonds. The van der Waals surface area contributed by atoms with Gasteiger partial charge in [-0.25, -0.2) is 14.6 Å². The van der Waals surface area contributed by atoms with Crippen LogP contribution in [0.2, 0.25) is 0 Å². The molecule has 0 atom stereocenters. The lowest BCUT2D eigenvalue weighted by molar-refractivity contribution is -0.137. The fourth-order valence-electron chi connectivity index (χ4n) is 5.17. The fraction of sp³-hybridized carbons (Fsp3) is 0.379. The quantitative estimate of drug-likeness (QED) is 0.419. The Bertz CT molecular complexity index is 1360. The van der Waals surface area contributed by atoms with Crippen LogP contribution < -0.4 is 4.90 Å². The molecule has 2 aromatic heterocycles. The van der Waals surface area contributed by atoms with Crippen LogP contribution in [0.4, 0.5) is 5.82 Å². The Labute approximate surface area is 211 Å². The number of hydrogen-bond donors (Lipinski definition) is 0. The van der Waals surface area contributed by atoms with Gasteiger partial charge in [-0.3, -0.25) is 4.79 Å². The molecular weight excluding hydrogens is 448 g/mol. The van der Waals surface area contributed by atoms with Crippen molar-refractivity contribution >= 4 is 22.8 Å². The summed E-state index contributed by atoms with van der Waals surface area (Å²) in [6.45, 7) is 5.29. The van der Waals surface area contributed by atoms with Crippen molar-refractivity contribution < 1.29 is 4.79 Å². The first-order chi connectivity index (χ1) is 17.7. The highest BCUT2D eigenvalue weighted by molar-refractivity contribution is 5.88. The van der Waals surface area contributed by atoms with Gasteiger partial charge >= 0.3 is 0 Å². The Balaban J connectivity index is 1.36. The lowest BCUT2D eigenvalue weighted by atomic mass is 9.84. The molecule has 3 heterocycles. The van der Waals surface area contributed by atoms with Crippen LogP contribution in [-0.4, -0.2) is 56.7 Å². The normalized spacial score (nSPS) is 16.7. The summed E-state index contributed by atoms with van der Waals surface area (Å²) in [6.07, 6.45) is 6.76. The minimum Gasteiger partial charge on any atom is -0.354 e. The van der Waals surface area contributed by atoms with Crippen LogP contribution in [-0.2, 0) is 11.2 Å². The molecule has 0 N–H and O–H groups in total. The molecule has 7 heteroatoms. The summed E-state index contributed by atoms with van der Waals surface area (Å²) in [4.78, 5) is 27.4. The first kappa shape index (κ1) is 22.7. The van der Waals surface area contributed by atoms with Gasteiger partial charge in [-0.1, -0.05) is 54.4 Å². The van der Waals surface area contributed by atoms with Crippen molar-refractivity contribution in [3.05, 3.63) is 77.7 Å². The molecule has 1 aliphatic carbocycles. The second-order valence-corrected chi connectivity index (χ2v) is 10.0. The zero-order valence-corrected chi connectivity index (χ0v) is 20.8. The van der Waals surface area contributed by atoms with E-state index in [2.05, 4.69) is 41.0 Å². The van der Waals surface area contributed by atoms with E-state index in [-0.39, 0.29) is 5.92 Å². The van der Waals surface area contributed by atoms with Gasteiger partial charge in [0.2, 0.25) is 5.91 Å². The zero-order valence-electron chi connectivity index (χ0n) is 20.8. The Morgan fingerprint density at radius 1 is 0.917 bits per heavy atom. The Morgan fingerprint density at radius 3 is 2.47 bits per heavy atom. The molecule has 0 unspecified atom stereocenters. The first-order valence-electron chi connectivity index (χ1n) is 13.0. The molecule has 0 spiro atoms. The number of anilines is 1. The van der Waals surface area contributed by atoms with Crippen LogP contribution in [0.15, 0.2) is 60.8 Å². The molecule has 7 nitrogen and oxygen atoms in total. The summed E-state index contributed by atoms with van der Waals surface area (Å²) in [7, 11) is 0. The van der Waals surface area contributed by atoms with Gasteiger partial charge in [-0.2, -0.15) is 5.10 Å². The van der Waals surface area contributed by atoms with Crippen molar-refractivity contribution in [2.45, 2.75) is 39.0 Å². The monoisotopic (exact) mass is 480 g/mol. The number of para-hydroxylation sites is 1. The molecule has 2 fully saturated rings. The maximum absolute atomic E-state index is 12.9. The van der Waals surface area contributed by atoms with Gasteiger partial charge in [0.05, 0.1) is 17.3 Å². The average molecular weight is 481 g/mol. The second kappa shape index (κ2) is 9.72. The predicted octanol–water partition coefficient (Wildman–Crippen LogP) is 4.55. The van der Waals surface area contributed by atoms with Gasteiger partial charge in [-0.05, 0) is 43.9 Å². The van der Waals surface area contributed by atoms with E-state index in [0.29, 0.717) is 12.3 Å². The van der Waals surface area contributed by atoms with E-state index < -0.39 is 0 Å². The smallest absolute Gasteiger partial charge is 0.225 e. The third-order valence-corrected chi connectivity index (χ3v) is 7.50. The molecule has 184 valence electrons. The molecule has 2 aromatic carbocycles. The maximum Gasteiger partial charge on any atom is 0.225 e. The number of carbonyl (C=O) groups is 1. The Hall–Kier alpha value is -3.74. The minimum atomic E-state index is 0.243. The summed E-state index contributed by atoms with van der Waals surface area (Å²) in [5.41, 5.74) is 4.22. The van der Waals surface area contributed by atoms with E-state index in [4.69, 9.17) is 15.1 Å². The van der Waals surface area contributed by atoms with Crippen molar-refractivity contribution in [1.82, 2.24) is 24.6 Å². The van der Waals surface area contributed by atoms with E-state index in [1.54, 1.807) is 0 Å². The molecule has 6 rings (SSSR count). The average Bonchev–Trinajstić information content (AvgIpc) is 3.13. The van der Waals surface area contributed by atoms with Crippen LogP contribution in [0.5, 0.6) is 0 Å². The third kappa shape index (κ3) is 4.45. The van der Waals surface area contributed by atoms with Crippen molar-refractivity contribution in [2.75, 3.05) is 31.1 Å². The van der Waals surface area contributed by atoms with Gasteiger partial charge < -0.3 is 9.80 Å². The van der Waals surface area contributed by atoms with Crippen LogP contribution in [0.25, 0.3) is 16.7 Å². The highest BCUT2D eigenvalue weighted by atomic mass is 16.2. The van der Waals surface area contributed by atoms with E-state index in [0.717, 1.165) is 73.8 Å². The molecule has 1 saturated carbocycles. The Kier molecular flexibility index (Phi) is 6.13. The Morgan fingerprint density at radius 2 is 1.72 bits per heavy atom. The van der Waals surface area contributed by atoms with Crippen LogP contribution in [0, 0.1) is 12.8 Å². The fourth-order valence-corrected chi connectivity index (χ4v) is 5.17. The zero-order chi connectivity index (χ0) is 24.5. The van der Waals surface area contributed by atoms with Crippen molar-refractivity contribution in [3.63, 3.8) is 0 Å². The molecular formula is C29H32N6O. The summed E-state index contributed by atoms with van der Waals surface area (Å²) in [6, 6.07) is 18.7. The number of aryl methyl sites for hydroxylation is 1. The summed E-state index contributed by atoms with van der Waals surface area (Å²) < 4.78 is 1.91. The topological polar surface area (TPSA) is 67.2 Å². The number of fused-ring (bicyclic) bond motifs is 1. The van der Waals surface area contributed by atoms with E-state index in [9.17, 15) is 4.79 Å². The standard InChI is InChI=1S/C29H32N6O/c1-21-11-13-22(14-12-21)19-26-31-27(25-20-30-35(28(25)32-26)24-9-3-2-4-10-24)33-15-6-16-34(18-17-33)29(36)23-7-5-8-23/h2-4,9-14,20,23H,5-8,15-19H2,1H3. The number of carbonyl (C=O) groups excluding carboxylic acids is 1. The molecule has 4 aromatic rings. The van der Waals surface area contributed by atoms with Crippen LogP contribution in [0.3, 0.4) is 0 Å². The van der Waals surface area contributed by atoms with E-state index in [1.807, 2.05) is 41.2 Å². The van der Waals surface area contributed by atoms with Crippen molar-refractivity contribution in [2.24, 2.45) is 5.92 Å². The number of amides is 1.